The fourth-order valence-corrected chi connectivity index (χ4v) is 5.84. The van der Waals surface area contributed by atoms with Gasteiger partial charge in [-0.25, -0.2) is 4.39 Å². The summed E-state index contributed by atoms with van der Waals surface area (Å²) in [5.74, 6) is 0.460. The number of methoxy groups -OCH3 is 4. The van der Waals surface area contributed by atoms with E-state index in [2.05, 4.69) is 0 Å². The van der Waals surface area contributed by atoms with Crippen LogP contribution < -0.4 is 23.8 Å². The Morgan fingerprint density at radius 2 is 1.41 bits per heavy atom. The summed E-state index contributed by atoms with van der Waals surface area (Å²) in [5.41, 5.74) is 2.19. The van der Waals surface area contributed by atoms with Gasteiger partial charge in [-0.15, -0.1) is 0 Å². The average Bonchev–Trinajstić information content (AvgIpc) is 3.01. The van der Waals surface area contributed by atoms with Gasteiger partial charge in [0.15, 0.2) is 23.0 Å². The molecule has 0 spiro atoms. The summed E-state index contributed by atoms with van der Waals surface area (Å²) in [4.78, 5) is 33.5. The maximum absolute atomic E-state index is 14.5. The number of anilines is 1. The molecule has 5 rings (SSSR count). The van der Waals surface area contributed by atoms with E-state index in [1.807, 2.05) is 11.0 Å². The molecule has 1 saturated heterocycles. The molecule has 0 aliphatic carbocycles. The van der Waals surface area contributed by atoms with Crippen molar-refractivity contribution in [2.24, 2.45) is 0 Å². The number of hydrogen-bond acceptors (Lipinski definition) is 7. The van der Waals surface area contributed by atoms with Crippen LogP contribution in [-0.4, -0.2) is 83.3 Å². The molecule has 0 N–H and O–H groups in total. The van der Waals surface area contributed by atoms with Gasteiger partial charge in [0.2, 0.25) is 5.91 Å². The summed E-state index contributed by atoms with van der Waals surface area (Å²) < 4.78 is 36.5. The van der Waals surface area contributed by atoms with Gasteiger partial charge in [0.25, 0.3) is 5.91 Å². The van der Waals surface area contributed by atoms with E-state index in [-0.39, 0.29) is 17.6 Å². The minimum atomic E-state index is -0.745. The monoisotopic (exact) mass is 563 g/mol. The Labute approximate surface area is 239 Å². The predicted molar refractivity (Wildman–Crippen MR) is 152 cm³/mol. The third-order valence-corrected chi connectivity index (χ3v) is 7.97. The van der Waals surface area contributed by atoms with Crippen molar-refractivity contribution in [2.45, 2.75) is 12.0 Å². The molecule has 1 fully saturated rings. The molecule has 9 nitrogen and oxygen atoms in total. The second kappa shape index (κ2) is 11.6. The molecule has 10 heteroatoms. The summed E-state index contributed by atoms with van der Waals surface area (Å²) >= 11 is 0. The molecule has 2 aliphatic heterocycles. The highest BCUT2D eigenvalue weighted by Gasteiger charge is 2.45. The van der Waals surface area contributed by atoms with E-state index in [9.17, 15) is 14.0 Å². The fraction of sp³-hybridized carbons (Fsp3) is 0.355. The number of likely N-dealkylation sites (N-methyl/N-ethyl adjacent to an activating group) is 1. The van der Waals surface area contributed by atoms with Gasteiger partial charge >= 0.3 is 0 Å². The quantitative estimate of drug-likeness (QED) is 0.428. The van der Waals surface area contributed by atoms with Gasteiger partial charge < -0.3 is 33.6 Å². The van der Waals surface area contributed by atoms with Gasteiger partial charge in [0.05, 0.1) is 46.1 Å². The number of carbonyl (C=O) groups excluding carboxylic acids is 2. The van der Waals surface area contributed by atoms with Crippen molar-refractivity contribution in [2.75, 3.05) is 66.6 Å². The van der Waals surface area contributed by atoms with Crippen LogP contribution in [0.3, 0.4) is 0 Å². The summed E-state index contributed by atoms with van der Waals surface area (Å²) in [6.07, 6.45) is 0. The number of rotatable bonds is 7. The van der Waals surface area contributed by atoms with Crippen molar-refractivity contribution in [1.29, 1.82) is 0 Å². The van der Waals surface area contributed by atoms with Gasteiger partial charge in [-0.2, -0.15) is 0 Å². The van der Waals surface area contributed by atoms with Crippen molar-refractivity contribution in [1.82, 2.24) is 9.80 Å². The molecule has 0 unspecified atom stereocenters. The SMILES string of the molecule is COc1ccc([C@H]2[C@@H](C(=O)N3CCN(c4ccccc4F)CC3)c3cc(OC)c(OC)cc3C(=O)N2C)cc1OC. The highest BCUT2D eigenvalue weighted by Crippen LogP contribution is 2.47. The molecule has 0 bridgehead atoms. The first-order valence-electron chi connectivity index (χ1n) is 13.4. The highest BCUT2D eigenvalue weighted by atomic mass is 19.1. The molecular formula is C31H34FN3O6. The number of amides is 2. The van der Waals surface area contributed by atoms with Crippen LogP contribution in [0.2, 0.25) is 0 Å². The number of ether oxygens (including phenoxy) is 4. The first kappa shape index (κ1) is 28.1. The van der Waals surface area contributed by atoms with Crippen LogP contribution >= 0.6 is 0 Å². The van der Waals surface area contributed by atoms with E-state index in [1.54, 1.807) is 73.5 Å². The zero-order chi connectivity index (χ0) is 29.3. The van der Waals surface area contributed by atoms with Crippen molar-refractivity contribution in [3.63, 3.8) is 0 Å². The lowest BCUT2D eigenvalue weighted by Crippen LogP contribution is -2.53. The lowest BCUT2D eigenvalue weighted by Gasteiger charge is -2.43. The third kappa shape index (κ3) is 4.98. The van der Waals surface area contributed by atoms with Crippen LogP contribution in [0.4, 0.5) is 10.1 Å². The number of halogens is 1. The van der Waals surface area contributed by atoms with E-state index in [1.165, 1.54) is 20.3 Å². The molecule has 0 radical (unpaired) electrons. The maximum Gasteiger partial charge on any atom is 0.254 e. The Hall–Kier alpha value is -4.47. The largest absolute Gasteiger partial charge is 0.493 e. The molecule has 3 aromatic carbocycles. The summed E-state index contributed by atoms with van der Waals surface area (Å²) in [6.45, 7) is 1.77. The van der Waals surface area contributed by atoms with Crippen molar-refractivity contribution < 1.29 is 32.9 Å². The number of carbonyl (C=O) groups is 2. The molecule has 0 aromatic heterocycles. The zero-order valence-electron chi connectivity index (χ0n) is 23.8. The number of para-hydroxylation sites is 1. The van der Waals surface area contributed by atoms with Gasteiger partial charge in [0.1, 0.15) is 5.82 Å². The molecule has 2 amide bonds. The van der Waals surface area contributed by atoms with Gasteiger partial charge in [-0.1, -0.05) is 18.2 Å². The van der Waals surface area contributed by atoms with Gasteiger partial charge in [-0.05, 0) is 47.5 Å². The number of fused-ring (bicyclic) bond motifs is 1. The van der Waals surface area contributed by atoms with Crippen molar-refractivity contribution in [3.05, 3.63) is 77.1 Å². The summed E-state index contributed by atoms with van der Waals surface area (Å²) in [7, 11) is 7.81. The number of benzene rings is 3. The van der Waals surface area contributed by atoms with Crippen molar-refractivity contribution >= 4 is 17.5 Å². The van der Waals surface area contributed by atoms with Gasteiger partial charge in [-0.3, -0.25) is 9.59 Å². The van der Waals surface area contributed by atoms with E-state index in [0.717, 1.165) is 5.56 Å². The standard InChI is InChI=1S/C31H34FN3O6/c1-33-29(19-10-11-24(38-2)25(16-19)39-3)28(20-17-26(40-4)27(41-5)18-21(20)30(33)36)31(37)35-14-12-34(13-15-35)23-9-7-6-8-22(23)32/h6-11,16-18,28-29H,12-15H2,1-5H3/t28-,29-/m0/s1. The van der Waals surface area contributed by atoms with Crippen LogP contribution in [0.1, 0.15) is 33.4 Å². The summed E-state index contributed by atoms with van der Waals surface area (Å²) in [5, 5.41) is 0. The van der Waals surface area contributed by atoms with Crippen LogP contribution in [0.15, 0.2) is 54.6 Å². The van der Waals surface area contributed by atoms with Crippen LogP contribution in [0.25, 0.3) is 0 Å². The smallest absolute Gasteiger partial charge is 0.254 e. The molecule has 216 valence electrons. The Balaban J connectivity index is 1.56. The lowest BCUT2D eigenvalue weighted by molar-refractivity contribution is -0.134. The van der Waals surface area contributed by atoms with Crippen LogP contribution in [0, 0.1) is 5.82 Å². The van der Waals surface area contributed by atoms with E-state index in [4.69, 9.17) is 18.9 Å². The topological polar surface area (TPSA) is 80.8 Å². The normalized spacial score (nSPS) is 18.6. The van der Waals surface area contributed by atoms with Crippen molar-refractivity contribution in [3.8, 4) is 23.0 Å². The second-order valence-electron chi connectivity index (χ2n) is 10.0. The highest BCUT2D eigenvalue weighted by molar-refractivity contribution is 6.02. The summed E-state index contributed by atoms with van der Waals surface area (Å²) in [6, 6.07) is 14.8. The Kier molecular flexibility index (Phi) is 7.92. The fourth-order valence-electron chi connectivity index (χ4n) is 5.84. The van der Waals surface area contributed by atoms with E-state index in [0.29, 0.717) is 66.0 Å². The minimum Gasteiger partial charge on any atom is -0.493 e. The second-order valence-corrected chi connectivity index (χ2v) is 10.0. The first-order valence-corrected chi connectivity index (χ1v) is 13.4. The number of hydrogen-bond donors (Lipinski definition) is 0. The van der Waals surface area contributed by atoms with E-state index >= 15 is 0 Å². The zero-order valence-corrected chi connectivity index (χ0v) is 23.8. The Morgan fingerprint density at radius 1 is 0.805 bits per heavy atom. The molecule has 3 aromatic rings. The molecule has 0 saturated carbocycles. The molecule has 41 heavy (non-hydrogen) atoms. The Morgan fingerprint density at radius 3 is 2.05 bits per heavy atom. The first-order chi connectivity index (χ1) is 19.8. The third-order valence-electron chi connectivity index (χ3n) is 7.97. The molecule has 2 aliphatic rings. The Bertz CT molecular complexity index is 1460. The van der Waals surface area contributed by atoms with Gasteiger partial charge in [0, 0.05) is 38.8 Å². The minimum absolute atomic E-state index is 0.134. The van der Waals surface area contributed by atoms with Crippen LogP contribution in [0.5, 0.6) is 23.0 Å². The van der Waals surface area contributed by atoms with Crippen LogP contribution in [-0.2, 0) is 4.79 Å². The number of nitrogens with zero attached hydrogens (tertiary/aromatic N) is 3. The number of piperazine rings is 1. The predicted octanol–water partition coefficient (Wildman–Crippen LogP) is 4.12. The molecule has 2 heterocycles. The maximum atomic E-state index is 14.5. The van der Waals surface area contributed by atoms with E-state index < -0.39 is 12.0 Å². The molecule has 2 atom stereocenters. The lowest BCUT2D eigenvalue weighted by atomic mass is 9.78. The average molecular weight is 564 g/mol. The molecular weight excluding hydrogens is 529 g/mol.